The van der Waals surface area contributed by atoms with Gasteiger partial charge in [0, 0.05) is 39.2 Å². The summed E-state index contributed by atoms with van der Waals surface area (Å²) < 4.78 is 24.3. The second-order valence-electron chi connectivity index (χ2n) is 12.3. The molecule has 3 rings (SSSR count). The Kier molecular flexibility index (Phi) is 8.67. The Morgan fingerprint density at radius 2 is 1.68 bits per heavy atom. The molecule has 208 valence electrons. The van der Waals surface area contributed by atoms with Crippen LogP contribution in [0.3, 0.4) is 0 Å². The SMILES string of the molecule is C=C1[C@@H](OC(C)=O)CC[C@@]2(C)C[C@H](OC)C3=C(C)C[C@H](OC(=O)[C@H](C)CC)[C@@H]([C@@H](OC(C)=O)[C@@H]12)C3(C)C. The molecule has 3 aliphatic rings. The minimum absolute atomic E-state index is 0.146. The Hall–Kier alpha value is -2.15. The third-order valence-electron chi connectivity index (χ3n) is 9.27. The average molecular weight is 519 g/mol. The fourth-order valence-electron chi connectivity index (χ4n) is 7.48. The molecular weight excluding hydrogens is 472 g/mol. The highest BCUT2D eigenvalue weighted by molar-refractivity contribution is 5.72. The lowest BCUT2D eigenvalue weighted by Gasteiger charge is -2.59. The van der Waals surface area contributed by atoms with Gasteiger partial charge >= 0.3 is 17.9 Å². The van der Waals surface area contributed by atoms with Crippen LogP contribution in [0.4, 0.5) is 0 Å². The van der Waals surface area contributed by atoms with Crippen molar-refractivity contribution >= 4 is 17.9 Å². The number of hydrogen-bond donors (Lipinski definition) is 0. The van der Waals surface area contributed by atoms with Crippen molar-refractivity contribution in [1.82, 2.24) is 0 Å². The molecule has 37 heavy (non-hydrogen) atoms. The van der Waals surface area contributed by atoms with Crippen molar-refractivity contribution in [3.05, 3.63) is 23.3 Å². The monoisotopic (exact) mass is 518 g/mol. The smallest absolute Gasteiger partial charge is 0.308 e. The van der Waals surface area contributed by atoms with Crippen LogP contribution < -0.4 is 0 Å². The van der Waals surface area contributed by atoms with Crippen molar-refractivity contribution in [1.29, 1.82) is 0 Å². The van der Waals surface area contributed by atoms with Crippen LogP contribution in [-0.2, 0) is 33.3 Å². The number of methoxy groups -OCH3 is 1. The molecule has 7 nitrogen and oxygen atoms in total. The predicted molar refractivity (Wildman–Crippen MR) is 140 cm³/mol. The molecule has 0 saturated heterocycles. The van der Waals surface area contributed by atoms with E-state index in [-0.39, 0.29) is 41.2 Å². The zero-order valence-electron chi connectivity index (χ0n) is 24.1. The van der Waals surface area contributed by atoms with Gasteiger partial charge in [-0.1, -0.05) is 46.8 Å². The molecule has 2 bridgehead atoms. The number of ether oxygens (including phenoxy) is 4. The van der Waals surface area contributed by atoms with Gasteiger partial charge in [0.2, 0.25) is 0 Å². The first-order valence-electron chi connectivity index (χ1n) is 13.6. The molecule has 7 heteroatoms. The second kappa shape index (κ2) is 10.9. The van der Waals surface area contributed by atoms with E-state index in [4.69, 9.17) is 18.9 Å². The van der Waals surface area contributed by atoms with E-state index in [9.17, 15) is 14.4 Å². The first kappa shape index (κ1) is 29.4. The molecule has 2 fully saturated rings. The fourth-order valence-corrected chi connectivity index (χ4v) is 7.48. The minimum Gasteiger partial charge on any atom is -0.461 e. The summed E-state index contributed by atoms with van der Waals surface area (Å²) in [5.74, 6) is -1.87. The summed E-state index contributed by atoms with van der Waals surface area (Å²) in [6.07, 6.45) is 1.65. The van der Waals surface area contributed by atoms with Gasteiger partial charge in [-0.05, 0) is 54.6 Å². The molecule has 0 heterocycles. The number of carbonyl (C=O) groups excluding carboxylic acids is 3. The van der Waals surface area contributed by atoms with E-state index in [0.29, 0.717) is 19.3 Å². The Morgan fingerprint density at radius 3 is 2.22 bits per heavy atom. The van der Waals surface area contributed by atoms with Crippen molar-refractivity contribution < 1.29 is 33.3 Å². The van der Waals surface area contributed by atoms with Crippen LogP contribution in [0.15, 0.2) is 23.3 Å². The van der Waals surface area contributed by atoms with E-state index in [2.05, 4.69) is 34.3 Å². The van der Waals surface area contributed by atoms with E-state index in [0.717, 1.165) is 24.0 Å². The summed E-state index contributed by atoms with van der Waals surface area (Å²) in [6.45, 7) is 19.7. The maximum absolute atomic E-state index is 13.1. The van der Waals surface area contributed by atoms with Crippen molar-refractivity contribution in [3.8, 4) is 0 Å². The van der Waals surface area contributed by atoms with Gasteiger partial charge in [-0.2, -0.15) is 0 Å². The zero-order chi connectivity index (χ0) is 27.9. The molecule has 2 saturated carbocycles. The van der Waals surface area contributed by atoms with Gasteiger partial charge < -0.3 is 18.9 Å². The maximum Gasteiger partial charge on any atom is 0.308 e. The molecule has 3 aliphatic carbocycles. The van der Waals surface area contributed by atoms with Crippen LogP contribution in [0, 0.1) is 28.6 Å². The molecule has 0 unspecified atom stereocenters. The second-order valence-corrected chi connectivity index (χ2v) is 12.3. The van der Waals surface area contributed by atoms with Crippen molar-refractivity contribution in [2.75, 3.05) is 7.11 Å². The standard InChI is InChI=1S/C30H46O7/c1-11-16(2)28(33)37-22-14-17(3)24-23(34-10)15-30(9)13-12-21(35-19(5)31)18(4)25(30)27(36-20(6)32)26(22)29(24,7)8/h16,21-23,25-27H,4,11-15H2,1-3,5-10H3/t16-,21+,22+,23+,25-,26+,27+,30+/m1/s1. The third-order valence-corrected chi connectivity index (χ3v) is 9.27. The molecular formula is C30H46O7. The van der Waals surface area contributed by atoms with Gasteiger partial charge in [0.25, 0.3) is 0 Å². The molecule has 0 radical (unpaired) electrons. The zero-order valence-corrected chi connectivity index (χ0v) is 24.1. The van der Waals surface area contributed by atoms with Crippen LogP contribution in [0.2, 0.25) is 0 Å². The molecule has 0 aliphatic heterocycles. The lowest BCUT2D eigenvalue weighted by molar-refractivity contribution is -0.187. The Bertz CT molecular complexity index is 963. The summed E-state index contributed by atoms with van der Waals surface area (Å²) in [6, 6.07) is 0. The number of fused-ring (bicyclic) bond motifs is 3. The van der Waals surface area contributed by atoms with Crippen LogP contribution >= 0.6 is 0 Å². The highest BCUT2D eigenvalue weighted by Gasteiger charge is 2.61. The Balaban J connectivity index is 2.24. The van der Waals surface area contributed by atoms with Gasteiger partial charge in [-0.25, -0.2) is 0 Å². The third kappa shape index (κ3) is 5.52. The normalized spacial score (nSPS) is 36.0. The summed E-state index contributed by atoms with van der Waals surface area (Å²) in [5, 5.41) is 0. The predicted octanol–water partition coefficient (Wildman–Crippen LogP) is 5.56. The lowest BCUT2D eigenvalue weighted by atomic mass is 9.50. The number of carbonyl (C=O) groups is 3. The number of hydrogen-bond acceptors (Lipinski definition) is 7. The van der Waals surface area contributed by atoms with Crippen molar-refractivity contribution in [3.63, 3.8) is 0 Å². The first-order valence-corrected chi connectivity index (χ1v) is 13.6. The van der Waals surface area contributed by atoms with E-state index >= 15 is 0 Å². The summed E-state index contributed by atoms with van der Waals surface area (Å²) in [7, 11) is 1.74. The lowest BCUT2D eigenvalue weighted by Crippen LogP contribution is -2.60. The van der Waals surface area contributed by atoms with Crippen LogP contribution in [0.1, 0.15) is 87.5 Å². The summed E-state index contributed by atoms with van der Waals surface area (Å²) in [5.41, 5.74) is 2.27. The molecule has 8 atom stereocenters. The first-order chi connectivity index (χ1) is 17.2. The molecule has 0 amide bonds. The highest BCUT2D eigenvalue weighted by atomic mass is 16.6. The minimum atomic E-state index is -0.612. The Labute approximate surface area is 222 Å². The number of rotatable bonds is 6. The van der Waals surface area contributed by atoms with Gasteiger partial charge in [-0.15, -0.1) is 0 Å². The van der Waals surface area contributed by atoms with E-state index in [1.54, 1.807) is 7.11 Å². The van der Waals surface area contributed by atoms with Crippen molar-refractivity contribution in [2.45, 2.75) is 112 Å². The van der Waals surface area contributed by atoms with Gasteiger partial charge in [0.1, 0.15) is 18.3 Å². The van der Waals surface area contributed by atoms with Crippen LogP contribution in [-0.4, -0.2) is 49.4 Å². The molecule has 0 aromatic heterocycles. The van der Waals surface area contributed by atoms with E-state index in [1.165, 1.54) is 19.4 Å². The molecule has 0 aromatic carbocycles. The largest absolute Gasteiger partial charge is 0.461 e. The topological polar surface area (TPSA) is 88.1 Å². The average Bonchev–Trinajstić information content (AvgIpc) is 2.77. The van der Waals surface area contributed by atoms with Crippen molar-refractivity contribution in [2.24, 2.45) is 28.6 Å². The van der Waals surface area contributed by atoms with Gasteiger partial charge in [0.15, 0.2) is 0 Å². The van der Waals surface area contributed by atoms with Gasteiger partial charge in [0.05, 0.1) is 12.0 Å². The molecule has 0 N–H and O–H groups in total. The van der Waals surface area contributed by atoms with E-state index < -0.39 is 29.7 Å². The van der Waals surface area contributed by atoms with Crippen LogP contribution in [0.5, 0.6) is 0 Å². The van der Waals surface area contributed by atoms with Gasteiger partial charge in [-0.3, -0.25) is 14.4 Å². The quantitative estimate of drug-likeness (QED) is 0.258. The highest BCUT2D eigenvalue weighted by Crippen LogP contribution is 2.60. The number of esters is 3. The van der Waals surface area contributed by atoms with E-state index in [1.807, 2.05) is 13.8 Å². The summed E-state index contributed by atoms with van der Waals surface area (Å²) >= 11 is 0. The Morgan fingerprint density at radius 1 is 1.05 bits per heavy atom. The molecule has 0 aromatic rings. The maximum atomic E-state index is 13.1. The summed E-state index contributed by atoms with van der Waals surface area (Å²) in [4.78, 5) is 37.6. The molecule has 0 spiro atoms. The fraction of sp³-hybridized carbons (Fsp3) is 0.767. The van der Waals surface area contributed by atoms with Crippen LogP contribution in [0.25, 0.3) is 0 Å².